The Morgan fingerprint density at radius 1 is 1.26 bits per heavy atom. The Morgan fingerprint density at radius 3 is 2.74 bits per heavy atom. The van der Waals surface area contributed by atoms with Crippen LogP contribution in [0.15, 0.2) is 58.0 Å². The van der Waals surface area contributed by atoms with Gasteiger partial charge in [0.05, 0.1) is 13.7 Å². The lowest BCUT2D eigenvalue weighted by molar-refractivity contribution is 0.380. The van der Waals surface area contributed by atoms with Gasteiger partial charge in [0, 0.05) is 22.7 Å². The first-order valence-corrected chi connectivity index (χ1v) is 8.31. The van der Waals surface area contributed by atoms with E-state index in [2.05, 4.69) is 20.4 Å². The number of hydrogen-bond acceptors (Lipinski definition) is 5. The van der Waals surface area contributed by atoms with Crippen molar-refractivity contribution >= 4 is 47.2 Å². The fourth-order valence-corrected chi connectivity index (χ4v) is 2.43. The summed E-state index contributed by atoms with van der Waals surface area (Å²) in [5, 5.41) is 7.59. The monoisotopic (exact) mass is 499 g/mol. The lowest BCUT2D eigenvalue weighted by Gasteiger charge is -2.06. The summed E-state index contributed by atoms with van der Waals surface area (Å²) in [4.78, 5) is 8.60. The van der Waals surface area contributed by atoms with E-state index in [0.29, 0.717) is 35.7 Å². The van der Waals surface area contributed by atoms with Crippen molar-refractivity contribution in [2.45, 2.75) is 6.42 Å². The molecule has 0 fully saturated rings. The number of aliphatic imine (C=N–C) groups is 1. The van der Waals surface area contributed by atoms with E-state index in [4.69, 9.17) is 26.6 Å². The molecule has 1 aromatic heterocycles. The van der Waals surface area contributed by atoms with Crippen LogP contribution in [0.5, 0.6) is 5.75 Å². The second-order valence-corrected chi connectivity index (χ2v) is 5.83. The maximum absolute atomic E-state index is 5.97. The predicted octanol–water partition coefficient (Wildman–Crippen LogP) is 3.99. The van der Waals surface area contributed by atoms with Crippen LogP contribution in [0.3, 0.4) is 0 Å². The van der Waals surface area contributed by atoms with E-state index in [-0.39, 0.29) is 24.0 Å². The SMILES string of the molecule is COc1ccc(NC(N)=NCCc2nc(-c3cccc(Cl)c3)no2)cc1.I. The number of nitrogens with two attached hydrogens (primary N) is 1. The molecule has 9 heteroatoms. The fourth-order valence-electron chi connectivity index (χ4n) is 2.23. The third kappa shape index (κ3) is 6.10. The van der Waals surface area contributed by atoms with Crippen molar-refractivity contribution in [3.05, 3.63) is 59.4 Å². The number of methoxy groups -OCH3 is 1. The molecule has 7 nitrogen and oxygen atoms in total. The van der Waals surface area contributed by atoms with Crippen LogP contribution in [0.4, 0.5) is 5.69 Å². The van der Waals surface area contributed by atoms with Crippen LogP contribution in [-0.2, 0) is 6.42 Å². The lowest BCUT2D eigenvalue weighted by atomic mass is 10.2. The summed E-state index contributed by atoms with van der Waals surface area (Å²) in [7, 11) is 1.62. The summed E-state index contributed by atoms with van der Waals surface area (Å²) in [6.07, 6.45) is 0.485. The molecule has 0 bridgehead atoms. The van der Waals surface area contributed by atoms with E-state index in [9.17, 15) is 0 Å². The number of halogens is 2. The molecule has 0 atom stereocenters. The zero-order valence-corrected chi connectivity index (χ0v) is 17.6. The van der Waals surface area contributed by atoms with Crippen LogP contribution in [0.1, 0.15) is 5.89 Å². The average Bonchev–Trinajstić information content (AvgIpc) is 3.11. The highest BCUT2D eigenvalue weighted by Crippen LogP contribution is 2.20. The largest absolute Gasteiger partial charge is 0.497 e. The van der Waals surface area contributed by atoms with Crippen LogP contribution in [0.25, 0.3) is 11.4 Å². The Bertz CT molecular complexity index is 899. The third-order valence-electron chi connectivity index (χ3n) is 3.52. The molecule has 0 aliphatic heterocycles. The molecule has 0 saturated carbocycles. The minimum Gasteiger partial charge on any atom is -0.497 e. The quantitative estimate of drug-likeness (QED) is 0.302. The van der Waals surface area contributed by atoms with Gasteiger partial charge in [0.1, 0.15) is 5.75 Å². The molecule has 0 amide bonds. The number of guanidine groups is 1. The molecule has 3 rings (SSSR count). The number of anilines is 1. The number of ether oxygens (including phenoxy) is 1. The summed E-state index contributed by atoms with van der Waals surface area (Å²) < 4.78 is 10.3. The number of nitrogens with zero attached hydrogens (tertiary/aromatic N) is 3. The Kier molecular flexibility index (Phi) is 7.86. The first-order chi connectivity index (χ1) is 12.6. The van der Waals surface area contributed by atoms with Gasteiger partial charge in [-0.25, -0.2) is 0 Å². The molecule has 0 radical (unpaired) electrons. The molecular formula is C18H19ClIN5O2. The van der Waals surface area contributed by atoms with Gasteiger partial charge in [-0.05, 0) is 36.4 Å². The predicted molar refractivity (Wildman–Crippen MR) is 117 cm³/mol. The highest BCUT2D eigenvalue weighted by atomic mass is 127. The van der Waals surface area contributed by atoms with Crippen molar-refractivity contribution in [1.82, 2.24) is 10.1 Å². The first-order valence-electron chi connectivity index (χ1n) is 7.93. The van der Waals surface area contributed by atoms with E-state index < -0.39 is 0 Å². The topological polar surface area (TPSA) is 98.6 Å². The number of rotatable bonds is 6. The maximum Gasteiger partial charge on any atom is 0.228 e. The first kappa shape index (κ1) is 21.0. The minimum absolute atomic E-state index is 0. The van der Waals surface area contributed by atoms with Crippen molar-refractivity contribution < 1.29 is 9.26 Å². The number of nitrogens with one attached hydrogen (secondary N) is 1. The van der Waals surface area contributed by atoms with E-state index in [0.717, 1.165) is 17.0 Å². The molecule has 0 unspecified atom stereocenters. The number of hydrogen-bond donors (Lipinski definition) is 2. The van der Waals surface area contributed by atoms with E-state index in [1.807, 2.05) is 36.4 Å². The van der Waals surface area contributed by atoms with Gasteiger partial charge in [-0.1, -0.05) is 28.9 Å². The Morgan fingerprint density at radius 2 is 2.04 bits per heavy atom. The molecule has 27 heavy (non-hydrogen) atoms. The highest BCUT2D eigenvalue weighted by Gasteiger charge is 2.08. The van der Waals surface area contributed by atoms with Crippen LogP contribution >= 0.6 is 35.6 Å². The van der Waals surface area contributed by atoms with Crippen molar-refractivity contribution in [2.75, 3.05) is 19.0 Å². The van der Waals surface area contributed by atoms with E-state index >= 15 is 0 Å². The van der Waals surface area contributed by atoms with Gasteiger partial charge in [0.15, 0.2) is 5.96 Å². The zero-order chi connectivity index (χ0) is 18.4. The van der Waals surface area contributed by atoms with Gasteiger partial charge in [-0.3, -0.25) is 4.99 Å². The second kappa shape index (κ2) is 10.1. The number of benzene rings is 2. The van der Waals surface area contributed by atoms with Crippen molar-refractivity contribution in [2.24, 2.45) is 10.7 Å². The average molecular weight is 500 g/mol. The molecule has 3 aromatic rings. The zero-order valence-electron chi connectivity index (χ0n) is 14.6. The molecule has 0 aliphatic rings. The maximum atomic E-state index is 5.97. The molecule has 3 N–H and O–H groups in total. The highest BCUT2D eigenvalue weighted by molar-refractivity contribution is 14.0. The molecule has 0 spiro atoms. The van der Waals surface area contributed by atoms with Gasteiger partial charge in [0.25, 0.3) is 0 Å². The Labute approximate surface area is 179 Å². The van der Waals surface area contributed by atoms with Crippen LogP contribution in [0, 0.1) is 0 Å². The normalized spacial score (nSPS) is 11.0. The van der Waals surface area contributed by atoms with Gasteiger partial charge in [0.2, 0.25) is 11.7 Å². The smallest absolute Gasteiger partial charge is 0.228 e. The van der Waals surface area contributed by atoms with Crippen LogP contribution in [-0.4, -0.2) is 29.8 Å². The van der Waals surface area contributed by atoms with E-state index in [1.165, 1.54) is 0 Å². The Hall–Kier alpha value is -2.33. The van der Waals surface area contributed by atoms with E-state index in [1.54, 1.807) is 19.2 Å². The third-order valence-corrected chi connectivity index (χ3v) is 3.76. The molecule has 1 heterocycles. The van der Waals surface area contributed by atoms with Gasteiger partial charge in [-0.15, -0.1) is 24.0 Å². The van der Waals surface area contributed by atoms with Crippen molar-refractivity contribution in [3.8, 4) is 17.1 Å². The minimum atomic E-state index is 0. The summed E-state index contributed by atoms with van der Waals surface area (Å²) in [5.41, 5.74) is 7.51. The second-order valence-electron chi connectivity index (χ2n) is 5.39. The summed E-state index contributed by atoms with van der Waals surface area (Å²) in [6.45, 7) is 0.423. The Balaban J connectivity index is 0.00000261. The van der Waals surface area contributed by atoms with Crippen molar-refractivity contribution in [1.29, 1.82) is 0 Å². The lowest BCUT2D eigenvalue weighted by Crippen LogP contribution is -2.23. The van der Waals surface area contributed by atoms with Gasteiger partial charge in [-0.2, -0.15) is 4.98 Å². The summed E-state index contributed by atoms with van der Waals surface area (Å²) >= 11 is 5.97. The van der Waals surface area contributed by atoms with Gasteiger partial charge >= 0.3 is 0 Å². The number of aromatic nitrogens is 2. The van der Waals surface area contributed by atoms with Gasteiger partial charge < -0.3 is 20.3 Å². The molecule has 2 aromatic carbocycles. The summed E-state index contributed by atoms with van der Waals surface area (Å²) in [6, 6.07) is 14.7. The van der Waals surface area contributed by atoms with Crippen LogP contribution in [0.2, 0.25) is 5.02 Å². The molecule has 0 saturated heterocycles. The fraction of sp³-hybridized carbons (Fsp3) is 0.167. The van der Waals surface area contributed by atoms with Crippen LogP contribution < -0.4 is 15.8 Å². The molecule has 142 valence electrons. The molecular weight excluding hydrogens is 481 g/mol. The molecule has 0 aliphatic carbocycles. The standard InChI is InChI=1S/C18H18ClN5O2.HI/c1-25-15-7-5-14(6-8-15)22-18(20)21-10-9-16-23-17(24-26-16)12-3-2-4-13(19)11-12;/h2-8,11H,9-10H2,1H3,(H3,20,21,22);1H. The van der Waals surface area contributed by atoms with Crippen molar-refractivity contribution in [3.63, 3.8) is 0 Å². The summed E-state index contributed by atoms with van der Waals surface area (Å²) in [5.74, 6) is 2.07.